The van der Waals surface area contributed by atoms with E-state index in [-0.39, 0.29) is 5.91 Å². The smallest absolute Gasteiger partial charge is 0.217 e. The number of amides is 1. The maximum Gasteiger partial charge on any atom is 0.217 e. The second-order valence-corrected chi connectivity index (χ2v) is 2.09. The van der Waals surface area contributed by atoms with Crippen LogP contribution >= 0.6 is 12.6 Å². The maximum atomic E-state index is 10.1. The third-order valence-corrected chi connectivity index (χ3v) is 1.15. The second kappa shape index (κ2) is 4.97. The van der Waals surface area contributed by atoms with Crippen molar-refractivity contribution >= 4 is 18.5 Å². The highest BCUT2D eigenvalue weighted by Crippen LogP contribution is 1.94. The van der Waals surface area contributed by atoms with Crippen LogP contribution in [0.5, 0.6) is 0 Å². The van der Waals surface area contributed by atoms with Gasteiger partial charge in [0.15, 0.2) is 0 Å². The molecule has 0 aliphatic heterocycles. The summed E-state index contributed by atoms with van der Waals surface area (Å²) in [6.07, 6.45) is 2.35. The number of rotatable bonds is 4. The molecule has 0 bridgehead atoms. The van der Waals surface area contributed by atoms with E-state index in [0.29, 0.717) is 6.42 Å². The normalized spacial score (nSPS) is 9.12. The van der Waals surface area contributed by atoms with Gasteiger partial charge in [-0.25, -0.2) is 0 Å². The van der Waals surface area contributed by atoms with Crippen LogP contribution in [-0.2, 0) is 4.79 Å². The fraction of sp³-hybridized carbons (Fsp3) is 0.800. The fourth-order valence-corrected chi connectivity index (χ4v) is 0.635. The minimum Gasteiger partial charge on any atom is -0.370 e. The van der Waals surface area contributed by atoms with Crippen molar-refractivity contribution in [2.24, 2.45) is 5.73 Å². The van der Waals surface area contributed by atoms with E-state index in [1.807, 2.05) is 0 Å². The van der Waals surface area contributed by atoms with Gasteiger partial charge in [-0.2, -0.15) is 12.6 Å². The predicted octanol–water partition coefficient (Wildman–Crippen LogP) is 0.572. The van der Waals surface area contributed by atoms with Crippen molar-refractivity contribution < 1.29 is 4.79 Å². The number of hydrogen-bond donors (Lipinski definition) is 2. The first-order valence-electron chi connectivity index (χ1n) is 2.66. The van der Waals surface area contributed by atoms with Gasteiger partial charge in [-0.3, -0.25) is 4.79 Å². The van der Waals surface area contributed by atoms with Gasteiger partial charge in [-0.05, 0) is 18.6 Å². The van der Waals surface area contributed by atoms with Crippen molar-refractivity contribution in [2.45, 2.75) is 19.3 Å². The van der Waals surface area contributed by atoms with Crippen LogP contribution in [0.1, 0.15) is 19.3 Å². The van der Waals surface area contributed by atoms with E-state index < -0.39 is 0 Å². The monoisotopic (exact) mass is 133 g/mol. The molecule has 0 aliphatic rings. The molecular formula is C5H11NOS. The van der Waals surface area contributed by atoms with Gasteiger partial charge in [0, 0.05) is 6.42 Å². The second-order valence-electron chi connectivity index (χ2n) is 1.65. The molecule has 0 unspecified atom stereocenters. The molecule has 0 aliphatic carbocycles. The summed E-state index contributed by atoms with van der Waals surface area (Å²) < 4.78 is 0. The number of hydrogen-bond acceptors (Lipinski definition) is 2. The highest BCUT2D eigenvalue weighted by molar-refractivity contribution is 7.80. The summed E-state index contributed by atoms with van der Waals surface area (Å²) in [6, 6.07) is 0. The van der Waals surface area contributed by atoms with Crippen LogP contribution in [0.4, 0.5) is 0 Å². The van der Waals surface area contributed by atoms with Gasteiger partial charge in [-0.1, -0.05) is 0 Å². The lowest BCUT2D eigenvalue weighted by atomic mass is 10.2. The Balaban J connectivity index is 2.82. The summed E-state index contributed by atoms with van der Waals surface area (Å²) in [5.41, 5.74) is 4.87. The molecule has 0 aromatic rings. The molecule has 1 amide bonds. The van der Waals surface area contributed by atoms with Crippen LogP contribution in [-0.4, -0.2) is 11.7 Å². The first-order chi connectivity index (χ1) is 3.77. The van der Waals surface area contributed by atoms with E-state index in [2.05, 4.69) is 12.6 Å². The molecule has 0 fully saturated rings. The van der Waals surface area contributed by atoms with E-state index >= 15 is 0 Å². The fourth-order valence-electron chi connectivity index (χ4n) is 0.411. The van der Waals surface area contributed by atoms with Crippen LogP contribution in [0, 0.1) is 0 Å². The molecule has 0 aromatic heterocycles. The number of unbranched alkanes of at least 4 members (excludes halogenated alkanes) is 1. The SMILES string of the molecule is NC(=O)CCCCS. The molecule has 0 rings (SSSR count). The van der Waals surface area contributed by atoms with Crippen molar-refractivity contribution in [3.63, 3.8) is 0 Å². The van der Waals surface area contributed by atoms with E-state index in [4.69, 9.17) is 5.73 Å². The van der Waals surface area contributed by atoms with Crippen LogP contribution in [0.2, 0.25) is 0 Å². The van der Waals surface area contributed by atoms with Gasteiger partial charge in [0.1, 0.15) is 0 Å². The number of primary amides is 1. The standard InChI is InChI=1S/C5H11NOS/c6-5(7)3-1-2-4-8/h8H,1-4H2,(H2,6,7). The molecule has 0 saturated carbocycles. The minimum absolute atomic E-state index is 0.216. The third kappa shape index (κ3) is 5.82. The summed E-state index contributed by atoms with van der Waals surface area (Å²) in [6.45, 7) is 0. The number of carbonyl (C=O) groups is 1. The van der Waals surface area contributed by atoms with Crippen LogP contribution in [0.15, 0.2) is 0 Å². The van der Waals surface area contributed by atoms with Crippen molar-refractivity contribution in [3.05, 3.63) is 0 Å². The summed E-state index contributed by atoms with van der Waals surface area (Å²) in [4.78, 5) is 10.1. The number of carbonyl (C=O) groups excluding carboxylic acids is 1. The summed E-state index contributed by atoms with van der Waals surface area (Å²) >= 11 is 3.97. The van der Waals surface area contributed by atoms with Gasteiger partial charge in [0.2, 0.25) is 5.91 Å². The molecule has 0 saturated heterocycles. The Morgan fingerprint density at radius 2 is 2.12 bits per heavy atom. The molecule has 0 spiro atoms. The number of nitrogens with two attached hydrogens (primary N) is 1. The van der Waals surface area contributed by atoms with Crippen molar-refractivity contribution in [1.29, 1.82) is 0 Å². The zero-order valence-corrected chi connectivity index (χ0v) is 5.66. The molecule has 2 N–H and O–H groups in total. The topological polar surface area (TPSA) is 43.1 Å². The van der Waals surface area contributed by atoms with Gasteiger partial charge in [-0.15, -0.1) is 0 Å². The lowest BCUT2D eigenvalue weighted by molar-refractivity contribution is -0.118. The zero-order chi connectivity index (χ0) is 6.41. The molecule has 48 valence electrons. The van der Waals surface area contributed by atoms with Crippen molar-refractivity contribution in [3.8, 4) is 0 Å². The molecule has 0 heterocycles. The highest BCUT2D eigenvalue weighted by atomic mass is 32.1. The summed E-state index contributed by atoms with van der Waals surface area (Å²) in [5.74, 6) is 0.625. The van der Waals surface area contributed by atoms with Crippen LogP contribution in [0.25, 0.3) is 0 Å². The van der Waals surface area contributed by atoms with Gasteiger partial charge < -0.3 is 5.73 Å². The van der Waals surface area contributed by atoms with E-state index in [9.17, 15) is 4.79 Å². The maximum absolute atomic E-state index is 10.1. The highest BCUT2D eigenvalue weighted by Gasteiger charge is 1.90. The molecule has 3 heteroatoms. The Hall–Kier alpha value is -0.180. The average Bonchev–Trinajstić information content (AvgIpc) is 1.66. The molecule has 8 heavy (non-hydrogen) atoms. The molecule has 0 radical (unpaired) electrons. The van der Waals surface area contributed by atoms with Crippen molar-refractivity contribution in [1.82, 2.24) is 0 Å². The molecule has 0 aromatic carbocycles. The molecular weight excluding hydrogens is 122 g/mol. The van der Waals surface area contributed by atoms with Gasteiger partial charge >= 0.3 is 0 Å². The Bertz CT molecular complexity index is 74.8. The molecule has 0 atom stereocenters. The van der Waals surface area contributed by atoms with Crippen molar-refractivity contribution in [2.75, 3.05) is 5.75 Å². The lowest BCUT2D eigenvalue weighted by Gasteiger charge is -1.90. The van der Waals surface area contributed by atoms with Crippen LogP contribution in [0.3, 0.4) is 0 Å². The largest absolute Gasteiger partial charge is 0.370 e. The Labute approximate surface area is 54.9 Å². The van der Waals surface area contributed by atoms with E-state index in [1.54, 1.807) is 0 Å². The summed E-state index contributed by atoms with van der Waals surface area (Å²) in [5, 5.41) is 0. The quantitative estimate of drug-likeness (QED) is 0.427. The molecule has 2 nitrogen and oxygen atoms in total. The average molecular weight is 133 g/mol. The minimum atomic E-state index is -0.216. The third-order valence-electron chi connectivity index (χ3n) is 0.831. The first kappa shape index (κ1) is 7.82. The predicted molar refractivity (Wildman–Crippen MR) is 36.9 cm³/mol. The Morgan fingerprint density at radius 1 is 1.50 bits per heavy atom. The van der Waals surface area contributed by atoms with E-state index in [0.717, 1.165) is 18.6 Å². The number of thiol groups is 1. The van der Waals surface area contributed by atoms with Crippen LogP contribution < -0.4 is 5.73 Å². The Kier molecular flexibility index (Phi) is 4.85. The van der Waals surface area contributed by atoms with Gasteiger partial charge in [0.25, 0.3) is 0 Å². The summed E-state index contributed by atoms with van der Waals surface area (Å²) in [7, 11) is 0. The lowest BCUT2D eigenvalue weighted by Crippen LogP contribution is -2.09. The van der Waals surface area contributed by atoms with Gasteiger partial charge in [0.05, 0.1) is 0 Å². The van der Waals surface area contributed by atoms with E-state index in [1.165, 1.54) is 0 Å². The zero-order valence-electron chi connectivity index (χ0n) is 4.76. The first-order valence-corrected chi connectivity index (χ1v) is 3.30. The Morgan fingerprint density at radius 3 is 2.50 bits per heavy atom.